The third-order valence-electron chi connectivity index (χ3n) is 5.93. The Kier molecular flexibility index (Phi) is 5.49. The highest BCUT2D eigenvalue weighted by Crippen LogP contribution is 2.52. The summed E-state index contributed by atoms with van der Waals surface area (Å²) in [6, 6.07) is 16.7. The van der Waals surface area contributed by atoms with Crippen molar-refractivity contribution in [3.8, 4) is 5.75 Å². The van der Waals surface area contributed by atoms with Gasteiger partial charge in [0.25, 0.3) is 0 Å². The maximum absolute atomic E-state index is 12.7. The second-order valence-corrected chi connectivity index (χ2v) is 7.63. The number of aldehydes is 1. The summed E-state index contributed by atoms with van der Waals surface area (Å²) in [5, 5.41) is 0. The third-order valence-corrected chi connectivity index (χ3v) is 5.93. The van der Waals surface area contributed by atoms with E-state index < -0.39 is 11.6 Å². The zero-order valence-corrected chi connectivity index (χ0v) is 16.3. The molecule has 0 aromatic heterocycles. The van der Waals surface area contributed by atoms with E-state index in [0.29, 0.717) is 30.9 Å². The van der Waals surface area contributed by atoms with E-state index in [9.17, 15) is 9.59 Å². The van der Waals surface area contributed by atoms with Crippen LogP contribution in [-0.4, -0.2) is 31.6 Å². The first-order valence-electron chi connectivity index (χ1n) is 9.79. The fourth-order valence-corrected chi connectivity index (χ4v) is 4.40. The van der Waals surface area contributed by atoms with E-state index in [2.05, 4.69) is 6.08 Å². The van der Waals surface area contributed by atoms with Gasteiger partial charge >= 0.3 is 5.97 Å². The topological polar surface area (TPSA) is 61.8 Å². The summed E-state index contributed by atoms with van der Waals surface area (Å²) in [7, 11) is 1.57. The van der Waals surface area contributed by atoms with Crippen LogP contribution in [0.25, 0.3) is 0 Å². The van der Waals surface area contributed by atoms with Gasteiger partial charge in [0.2, 0.25) is 0 Å². The number of fused-ring (bicyclic) bond motifs is 2. The standard InChI is InChI=1S/C24H24O5/c1-27-20-10-7-18(8-11-20)23(26)29-24(16-25)13-19-9-12-22(24)21(19)15-28-14-17-5-3-2-4-6-17/h2-12,16,19,21-22H,13-15H2,1H3/t19-,21+,22-,24-/m1/s1. The van der Waals surface area contributed by atoms with E-state index in [1.165, 1.54) is 0 Å². The van der Waals surface area contributed by atoms with Crippen LogP contribution in [-0.2, 0) is 20.9 Å². The molecule has 0 heterocycles. The predicted molar refractivity (Wildman–Crippen MR) is 108 cm³/mol. The number of hydrogen-bond donors (Lipinski definition) is 0. The van der Waals surface area contributed by atoms with Gasteiger partial charge in [0.15, 0.2) is 11.9 Å². The summed E-state index contributed by atoms with van der Waals surface area (Å²) in [5.41, 5.74) is 0.381. The van der Waals surface area contributed by atoms with Gasteiger partial charge in [-0.2, -0.15) is 0 Å². The molecule has 0 N–H and O–H groups in total. The molecule has 2 aliphatic carbocycles. The Morgan fingerprint density at radius 2 is 1.86 bits per heavy atom. The van der Waals surface area contributed by atoms with E-state index in [4.69, 9.17) is 14.2 Å². The molecule has 0 spiro atoms. The van der Waals surface area contributed by atoms with Crippen molar-refractivity contribution in [2.24, 2.45) is 17.8 Å². The summed E-state index contributed by atoms with van der Waals surface area (Å²) in [6.45, 7) is 1.05. The molecule has 5 heteroatoms. The molecule has 2 bridgehead atoms. The Hall–Kier alpha value is -2.92. The summed E-state index contributed by atoms with van der Waals surface area (Å²) in [6.07, 6.45) is 5.41. The van der Waals surface area contributed by atoms with E-state index in [1.54, 1.807) is 31.4 Å². The molecule has 2 aromatic rings. The van der Waals surface area contributed by atoms with Gasteiger partial charge in [-0.15, -0.1) is 0 Å². The quantitative estimate of drug-likeness (QED) is 0.388. The van der Waals surface area contributed by atoms with Gasteiger partial charge < -0.3 is 14.2 Å². The Labute approximate surface area is 170 Å². The lowest BCUT2D eigenvalue weighted by molar-refractivity contribution is -0.128. The molecule has 1 fully saturated rings. The van der Waals surface area contributed by atoms with Gasteiger partial charge in [0.1, 0.15) is 5.75 Å². The van der Waals surface area contributed by atoms with E-state index in [0.717, 1.165) is 11.8 Å². The fraction of sp³-hybridized carbons (Fsp3) is 0.333. The van der Waals surface area contributed by atoms with Crippen molar-refractivity contribution in [2.45, 2.75) is 18.6 Å². The van der Waals surface area contributed by atoms with Gasteiger partial charge in [-0.05, 0) is 41.7 Å². The van der Waals surface area contributed by atoms with Crippen LogP contribution in [0, 0.1) is 17.8 Å². The lowest BCUT2D eigenvalue weighted by Gasteiger charge is -2.30. The maximum Gasteiger partial charge on any atom is 0.339 e. The number of ether oxygens (including phenoxy) is 3. The molecular weight excluding hydrogens is 368 g/mol. The Balaban J connectivity index is 1.41. The molecule has 4 rings (SSSR count). The fourth-order valence-electron chi connectivity index (χ4n) is 4.40. The van der Waals surface area contributed by atoms with Gasteiger partial charge in [-0.25, -0.2) is 4.79 Å². The lowest BCUT2D eigenvalue weighted by Crippen LogP contribution is -2.42. The Bertz CT molecular complexity index is 889. The number of esters is 1. The number of carbonyl (C=O) groups is 2. The lowest BCUT2D eigenvalue weighted by atomic mass is 9.87. The zero-order valence-electron chi connectivity index (χ0n) is 16.3. The first-order chi connectivity index (χ1) is 14.1. The SMILES string of the molecule is COc1ccc(C(=O)O[C@@]2(C=O)C[C@H]3C=C[C@@H]2[C@H]3COCc2ccccc2)cc1. The maximum atomic E-state index is 12.7. The molecule has 0 radical (unpaired) electrons. The largest absolute Gasteiger partial charge is 0.497 e. The average molecular weight is 392 g/mol. The molecule has 0 aliphatic heterocycles. The van der Waals surface area contributed by atoms with Crippen LogP contribution in [0.15, 0.2) is 66.7 Å². The van der Waals surface area contributed by atoms with Gasteiger partial charge in [0.05, 0.1) is 25.9 Å². The number of benzene rings is 2. The predicted octanol–water partition coefficient (Wildman–Crippen LogP) is 3.83. The average Bonchev–Trinajstić information content (AvgIpc) is 3.29. The molecule has 150 valence electrons. The summed E-state index contributed by atoms with van der Waals surface area (Å²) >= 11 is 0. The van der Waals surface area contributed by atoms with Crippen molar-refractivity contribution in [1.82, 2.24) is 0 Å². The molecule has 4 atom stereocenters. The van der Waals surface area contributed by atoms with Crippen LogP contribution in [0.2, 0.25) is 0 Å². The van der Waals surface area contributed by atoms with E-state index in [1.807, 2.05) is 36.4 Å². The zero-order chi connectivity index (χ0) is 20.3. The van der Waals surface area contributed by atoms with E-state index in [-0.39, 0.29) is 17.8 Å². The number of carbonyl (C=O) groups excluding carboxylic acids is 2. The van der Waals surface area contributed by atoms with E-state index >= 15 is 0 Å². The summed E-state index contributed by atoms with van der Waals surface area (Å²) in [5.74, 6) is 0.301. The molecule has 2 aliphatic rings. The minimum atomic E-state index is -1.13. The molecule has 0 unspecified atom stereocenters. The monoisotopic (exact) mass is 392 g/mol. The minimum Gasteiger partial charge on any atom is -0.497 e. The van der Waals surface area contributed by atoms with Gasteiger partial charge in [0, 0.05) is 12.3 Å². The minimum absolute atomic E-state index is 0.132. The van der Waals surface area contributed by atoms with Crippen molar-refractivity contribution < 1.29 is 23.8 Å². The number of hydrogen-bond acceptors (Lipinski definition) is 5. The highest BCUT2D eigenvalue weighted by molar-refractivity contribution is 5.91. The first kappa shape index (κ1) is 19.4. The number of allylic oxidation sites excluding steroid dienone is 1. The second kappa shape index (κ2) is 8.21. The van der Waals surface area contributed by atoms with Crippen molar-refractivity contribution in [2.75, 3.05) is 13.7 Å². The number of rotatable bonds is 8. The van der Waals surface area contributed by atoms with Crippen molar-refractivity contribution >= 4 is 12.3 Å². The van der Waals surface area contributed by atoms with Crippen LogP contribution < -0.4 is 4.74 Å². The summed E-state index contributed by atoms with van der Waals surface area (Å²) in [4.78, 5) is 24.7. The second-order valence-electron chi connectivity index (χ2n) is 7.63. The van der Waals surface area contributed by atoms with Crippen LogP contribution >= 0.6 is 0 Å². The highest BCUT2D eigenvalue weighted by Gasteiger charge is 2.57. The van der Waals surface area contributed by atoms with Gasteiger partial charge in [-0.3, -0.25) is 4.79 Å². The van der Waals surface area contributed by atoms with Crippen LogP contribution in [0.3, 0.4) is 0 Å². The summed E-state index contributed by atoms with van der Waals surface area (Å²) < 4.78 is 16.8. The molecule has 0 saturated heterocycles. The van der Waals surface area contributed by atoms with Crippen LogP contribution in [0.5, 0.6) is 5.75 Å². The normalized spacial score (nSPS) is 27.0. The molecule has 1 saturated carbocycles. The van der Waals surface area contributed by atoms with Crippen LogP contribution in [0.4, 0.5) is 0 Å². The number of methoxy groups -OCH3 is 1. The molecular formula is C24H24O5. The van der Waals surface area contributed by atoms with Crippen molar-refractivity contribution in [3.05, 3.63) is 77.9 Å². The smallest absolute Gasteiger partial charge is 0.339 e. The molecule has 2 aromatic carbocycles. The van der Waals surface area contributed by atoms with Crippen LogP contribution in [0.1, 0.15) is 22.3 Å². The third kappa shape index (κ3) is 3.83. The highest BCUT2D eigenvalue weighted by atomic mass is 16.6. The Morgan fingerprint density at radius 1 is 1.10 bits per heavy atom. The van der Waals surface area contributed by atoms with Gasteiger partial charge in [-0.1, -0.05) is 42.5 Å². The van der Waals surface area contributed by atoms with Crippen molar-refractivity contribution in [3.63, 3.8) is 0 Å². The molecule has 29 heavy (non-hydrogen) atoms. The van der Waals surface area contributed by atoms with Crippen molar-refractivity contribution in [1.29, 1.82) is 0 Å². The molecule has 5 nitrogen and oxygen atoms in total. The first-order valence-corrected chi connectivity index (χ1v) is 9.79. The Morgan fingerprint density at radius 3 is 2.55 bits per heavy atom. The molecule has 0 amide bonds.